The van der Waals surface area contributed by atoms with Crippen LogP contribution in [0, 0.1) is 0 Å². The molecule has 1 rings (SSSR count). The van der Waals surface area contributed by atoms with Crippen LogP contribution in [0.3, 0.4) is 0 Å². The molecule has 1 amide bonds. The van der Waals surface area contributed by atoms with Gasteiger partial charge in [-0.05, 0) is 45.7 Å². The number of ether oxygens (including phenoxy) is 1. The van der Waals surface area contributed by atoms with Crippen molar-refractivity contribution in [1.82, 2.24) is 10.2 Å². The van der Waals surface area contributed by atoms with E-state index in [2.05, 4.69) is 10.2 Å². The topological polar surface area (TPSA) is 61.8 Å². The van der Waals surface area contributed by atoms with Gasteiger partial charge in [0.2, 0.25) is 0 Å². The van der Waals surface area contributed by atoms with E-state index in [0.29, 0.717) is 6.61 Å². The van der Waals surface area contributed by atoms with Crippen LogP contribution in [0.5, 0.6) is 0 Å². The molecule has 1 fully saturated rings. The number of hydrogen-bond acceptors (Lipinski definition) is 4. The monoisotopic (exact) mass is 244 g/mol. The average molecular weight is 244 g/mol. The van der Waals surface area contributed by atoms with Crippen LogP contribution >= 0.6 is 0 Å². The minimum atomic E-state index is -0.310. The molecule has 0 spiro atoms. The van der Waals surface area contributed by atoms with Crippen molar-refractivity contribution in [2.24, 2.45) is 0 Å². The van der Waals surface area contributed by atoms with E-state index in [-0.39, 0.29) is 18.7 Å². The van der Waals surface area contributed by atoms with Crippen LogP contribution in [0.2, 0.25) is 0 Å². The molecule has 0 bridgehead atoms. The molecule has 0 saturated carbocycles. The molecule has 0 aliphatic carbocycles. The maximum Gasteiger partial charge on any atom is 0.407 e. The largest absolute Gasteiger partial charge is 0.450 e. The highest BCUT2D eigenvalue weighted by Gasteiger charge is 2.21. The van der Waals surface area contributed by atoms with Crippen molar-refractivity contribution in [2.75, 3.05) is 32.8 Å². The number of nitrogens with one attached hydrogen (secondary N) is 1. The predicted octanol–water partition coefficient (Wildman–Crippen LogP) is 0.969. The molecule has 0 radical (unpaired) electrons. The van der Waals surface area contributed by atoms with Crippen molar-refractivity contribution in [3.05, 3.63) is 0 Å². The number of rotatable bonds is 6. The highest BCUT2D eigenvalue weighted by atomic mass is 16.5. The molecule has 1 heterocycles. The number of aliphatic hydroxyl groups excluding tert-OH is 1. The molecule has 1 atom stereocenters. The molecule has 1 unspecified atom stereocenters. The number of nitrogens with zero attached hydrogens (tertiary/aromatic N) is 1. The summed E-state index contributed by atoms with van der Waals surface area (Å²) in [6.45, 7) is 5.47. The maximum absolute atomic E-state index is 11.3. The molecule has 0 aromatic heterocycles. The summed E-state index contributed by atoms with van der Waals surface area (Å²) < 4.78 is 4.88. The Morgan fingerprint density at radius 3 is 3.06 bits per heavy atom. The van der Waals surface area contributed by atoms with Gasteiger partial charge < -0.3 is 20.1 Å². The number of carbonyl (C=O) groups is 1. The summed E-state index contributed by atoms with van der Waals surface area (Å²) in [4.78, 5) is 13.6. The van der Waals surface area contributed by atoms with Gasteiger partial charge in [-0.2, -0.15) is 0 Å². The minimum Gasteiger partial charge on any atom is -0.450 e. The molecule has 5 nitrogen and oxygen atoms in total. The van der Waals surface area contributed by atoms with Gasteiger partial charge in [0, 0.05) is 19.2 Å². The summed E-state index contributed by atoms with van der Waals surface area (Å²) in [5.41, 5.74) is 0. The maximum atomic E-state index is 11.3. The van der Waals surface area contributed by atoms with Crippen LogP contribution in [0.4, 0.5) is 4.79 Å². The minimum absolute atomic E-state index is 0.205. The summed E-state index contributed by atoms with van der Waals surface area (Å²) in [6, 6.07) is 0.205. The number of likely N-dealkylation sites (tertiary alicyclic amines) is 1. The third-order valence-corrected chi connectivity index (χ3v) is 2.99. The molecule has 1 aliphatic rings. The van der Waals surface area contributed by atoms with Gasteiger partial charge in [-0.15, -0.1) is 0 Å². The van der Waals surface area contributed by atoms with Gasteiger partial charge in [0.25, 0.3) is 0 Å². The van der Waals surface area contributed by atoms with Crippen molar-refractivity contribution in [2.45, 2.75) is 38.6 Å². The molecule has 5 heteroatoms. The quantitative estimate of drug-likeness (QED) is 0.683. The number of alkyl carbamates (subject to hydrolysis) is 1. The first-order chi connectivity index (χ1) is 8.26. The highest BCUT2D eigenvalue weighted by molar-refractivity contribution is 5.67. The fourth-order valence-electron chi connectivity index (χ4n) is 2.16. The van der Waals surface area contributed by atoms with Crippen LogP contribution in [0.15, 0.2) is 0 Å². The second-order valence-corrected chi connectivity index (χ2v) is 4.44. The standard InChI is InChI=1S/C12H24N2O3/c1-2-17-12(16)13-11-6-5-8-14(10-11)7-3-4-9-15/h11,15H,2-10H2,1H3,(H,13,16). The summed E-state index contributed by atoms with van der Waals surface area (Å²) in [5.74, 6) is 0. The van der Waals surface area contributed by atoms with Crippen LogP contribution in [0.25, 0.3) is 0 Å². The molecule has 1 saturated heterocycles. The lowest BCUT2D eigenvalue weighted by Gasteiger charge is -2.32. The van der Waals surface area contributed by atoms with Gasteiger partial charge in [-0.25, -0.2) is 4.79 Å². The highest BCUT2D eigenvalue weighted by Crippen LogP contribution is 2.11. The molecule has 0 aromatic carbocycles. The molecule has 17 heavy (non-hydrogen) atoms. The van der Waals surface area contributed by atoms with Gasteiger partial charge in [0.1, 0.15) is 0 Å². The van der Waals surface area contributed by atoms with E-state index in [0.717, 1.165) is 45.3 Å². The summed E-state index contributed by atoms with van der Waals surface area (Å²) in [7, 11) is 0. The van der Waals surface area contributed by atoms with Crippen molar-refractivity contribution in [3.8, 4) is 0 Å². The van der Waals surface area contributed by atoms with E-state index in [1.807, 2.05) is 6.92 Å². The lowest BCUT2D eigenvalue weighted by atomic mass is 10.1. The third kappa shape index (κ3) is 5.89. The molecule has 2 N–H and O–H groups in total. The van der Waals surface area contributed by atoms with Crippen LogP contribution in [-0.2, 0) is 4.74 Å². The van der Waals surface area contributed by atoms with Crippen molar-refractivity contribution < 1.29 is 14.6 Å². The first-order valence-electron chi connectivity index (χ1n) is 6.52. The molecular formula is C12H24N2O3. The molecular weight excluding hydrogens is 220 g/mol. The van der Waals surface area contributed by atoms with Crippen molar-refractivity contribution in [3.63, 3.8) is 0 Å². The van der Waals surface area contributed by atoms with Crippen LogP contribution in [0.1, 0.15) is 32.6 Å². The smallest absolute Gasteiger partial charge is 0.407 e. The number of carbonyl (C=O) groups excluding carboxylic acids is 1. The second kappa shape index (κ2) is 8.31. The second-order valence-electron chi connectivity index (χ2n) is 4.44. The van der Waals surface area contributed by atoms with Gasteiger partial charge in [0.15, 0.2) is 0 Å². The lowest BCUT2D eigenvalue weighted by molar-refractivity contribution is 0.133. The van der Waals surface area contributed by atoms with E-state index in [4.69, 9.17) is 9.84 Å². The van der Waals surface area contributed by atoms with E-state index in [9.17, 15) is 4.79 Å². The predicted molar refractivity (Wildman–Crippen MR) is 65.9 cm³/mol. The number of unbranched alkanes of at least 4 members (excludes halogenated alkanes) is 1. The van der Waals surface area contributed by atoms with Gasteiger partial charge in [-0.3, -0.25) is 0 Å². The Kier molecular flexibility index (Phi) is 6.96. The zero-order chi connectivity index (χ0) is 12.5. The zero-order valence-electron chi connectivity index (χ0n) is 10.7. The molecule has 1 aliphatic heterocycles. The van der Waals surface area contributed by atoms with E-state index >= 15 is 0 Å². The summed E-state index contributed by atoms with van der Waals surface area (Å²) in [6.07, 6.45) is 3.69. The first kappa shape index (κ1) is 14.3. The summed E-state index contributed by atoms with van der Waals surface area (Å²) in [5, 5.41) is 11.6. The Balaban J connectivity index is 2.21. The van der Waals surface area contributed by atoms with E-state index in [1.54, 1.807) is 0 Å². The van der Waals surface area contributed by atoms with Crippen molar-refractivity contribution >= 4 is 6.09 Å². The summed E-state index contributed by atoms with van der Waals surface area (Å²) >= 11 is 0. The first-order valence-corrected chi connectivity index (χ1v) is 6.52. The van der Waals surface area contributed by atoms with Gasteiger partial charge in [0.05, 0.1) is 6.61 Å². The Morgan fingerprint density at radius 1 is 1.53 bits per heavy atom. The van der Waals surface area contributed by atoms with E-state index in [1.165, 1.54) is 0 Å². The third-order valence-electron chi connectivity index (χ3n) is 2.99. The zero-order valence-corrected chi connectivity index (χ0v) is 10.7. The number of amides is 1. The Hall–Kier alpha value is -0.810. The van der Waals surface area contributed by atoms with Gasteiger partial charge in [-0.1, -0.05) is 0 Å². The van der Waals surface area contributed by atoms with Crippen molar-refractivity contribution in [1.29, 1.82) is 0 Å². The van der Waals surface area contributed by atoms with Crippen LogP contribution < -0.4 is 5.32 Å². The number of piperidine rings is 1. The van der Waals surface area contributed by atoms with Crippen LogP contribution in [-0.4, -0.2) is 55.0 Å². The Bertz CT molecular complexity index is 224. The number of hydrogen-bond donors (Lipinski definition) is 2. The number of aliphatic hydroxyl groups is 1. The SMILES string of the molecule is CCOC(=O)NC1CCCN(CCCCO)C1. The lowest BCUT2D eigenvalue weighted by Crippen LogP contribution is -2.48. The average Bonchev–Trinajstić information content (AvgIpc) is 2.30. The fraction of sp³-hybridized carbons (Fsp3) is 0.917. The van der Waals surface area contributed by atoms with E-state index < -0.39 is 0 Å². The fourth-order valence-corrected chi connectivity index (χ4v) is 2.16. The Morgan fingerprint density at radius 2 is 2.35 bits per heavy atom. The van der Waals surface area contributed by atoms with Gasteiger partial charge >= 0.3 is 6.09 Å². The normalized spacial score (nSPS) is 21.2. The molecule has 0 aromatic rings. The Labute approximate surface area is 103 Å². The molecule has 100 valence electrons.